The highest BCUT2D eigenvalue weighted by atomic mass is 16.6. The molecule has 4 aliphatic carbocycles. The molecule has 0 aromatic rings. The largest absolute Gasteiger partial charge is 0.462 e. The van der Waals surface area contributed by atoms with E-state index in [1.165, 1.54) is 26.3 Å². The third-order valence-corrected chi connectivity index (χ3v) is 11.9. The van der Waals surface area contributed by atoms with Crippen LogP contribution in [0.25, 0.3) is 0 Å². The molecule has 39 heavy (non-hydrogen) atoms. The summed E-state index contributed by atoms with van der Waals surface area (Å²) >= 11 is 0. The van der Waals surface area contributed by atoms with Gasteiger partial charge in [0.25, 0.3) is 0 Å². The van der Waals surface area contributed by atoms with Gasteiger partial charge >= 0.3 is 11.9 Å². The topological polar surface area (TPSA) is 110 Å². The lowest BCUT2D eigenvalue weighted by molar-refractivity contribution is -0.188. The minimum atomic E-state index is -1.37. The molecule has 0 aromatic carbocycles. The molecule has 2 saturated carbocycles. The van der Waals surface area contributed by atoms with Crippen LogP contribution >= 0.6 is 0 Å². The Balaban J connectivity index is 1.52. The van der Waals surface area contributed by atoms with Crippen molar-refractivity contribution in [2.75, 3.05) is 0 Å². The van der Waals surface area contributed by atoms with Crippen molar-refractivity contribution in [1.29, 1.82) is 0 Å². The van der Waals surface area contributed by atoms with Crippen molar-refractivity contribution in [3.8, 4) is 0 Å². The number of carbonyl (C=O) groups is 3. The monoisotopic (exact) mass is 542 g/mol. The predicted octanol–water partition coefficient (Wildman–Crippen LogP) is 4.54. The summed E-state index contributed by atoms with van der Waals surface area (Å²) in [5.41, 5.74) is -1.66. The van der Waals surface area contributed by atoms with Gasteiger partial charge in [-0.15, -0.1) is 0 Å². The summed E-state index contributed by atoms with van der Waals surface area (Å²) in [6.07, 6.45) is 7.37. The fourth-order valence-electron chi connectivity index (χ4n) is 9.87. The molecular weight excluding hydrogens is 496 g/mol. The average molecular weight is 543 g/mol. The molecule has 216 valence electrons. The number of fused-ring (bicyclic) bond motifs is 5. The average Bonchev–Trinajstić information content (AvgIpc) is 3.36. The van der Waals surface area contributed by atoms with Crippen molar-refractivity contribution >= 4 is 17.7 Å². The van der Waals surface area contributed by atoms with Gasteiger partial charge in [-0.2, -0.15) is 0 Å². The first-order valence-corrected chi connectivity index (χ1v) is 14.6. The zero-order valence-corrected chi connectivity index (χ0v) is 24.7. The van der Waals surface area contributed by atoms with Crippen LogP contribution in [0.1, 0.15) is 87.5 Å². The quantitative estimate of drug-likeness (QED) is 0.396. The number of aliphatic hydroxyl groups is 2. The molecule has 5 aliphatic rings. The lowest BCUT2D eigenvalue weighted by atomic mass is 9.38. The fraction of sp³-hybridized carbons (Fsp3) is 0.781. The first-order valence-electron chi connectivity index (χ1n) is 14.6. The van der Waals surface area contributed by atoms with Crippen molar-refractivity contribution < 1.29 is 34.1 Å². The van der Waals surface area contributed by atoms with E-state index in [4.69, 9.17) is 9.47 Å². The highest BCUT2D eigenvalue weighted by Crippen LogP contribution is 2.72. The third kappa shape index (κ3) is 3.93. The Labute approximate surface area is 232 Å². The minimum Gasteiger partial charge on any atom is -0.462 e. The molecule has 0 bridgehead atoms. The number of hydrogen-bond donors (Lipinski definition) is 2. The normalized spacial score (nSPS) is 45.5. The summed E-state index contributed by atoms with van der Waals surface area (Å²) in [6.45, 7) is 15.3. The lowest BCUT2D eigenvalue weighted by Gasteiger charge is -2.66. The number of cyclic esters (lactones) is 1. The number of allylic oxidation sites excluding steroid dienone is 3. The molecule has 10 atom stereocenters. The van der Waals surface area contributed by atoms with E-state index in [9.17, 15) is 24.6 Å². The molecule has 0 spiro atoms. The molecule has 1 aliphatic heterocycles. The van der Waals surface area contributed by atoms with Gasteiger partial charge in [-0.1, -0.05) is 52.3 Å². The van der Waals surface area contributed by atoms with Gasteiger partial charge in [0.1, 0.15) is 18.3 Å². The summed E-state index contributed by atoms with van der Waals surface area (Å²) < 4.78 is 11.8. The zero-order chi connectivity index (χ0) is 28.9. The second kappa shape index (κ2) is 8.75. The smallest absolute Gasteiger partial charge is 0.309 e. The number of rotatable bonds is 4. The van der Waals surface area contributed by atoms with Crippen molar-refractivity contribution in [2.45, 2.75) is 111 Å². The van der Waals surface area contributed by atoms with Crippen LogP contribution in [-0.2, 0) is 23.9 Å². The number of aliphatic hydroxyl groups excluding tert-OH is 1. The zero-order valence-electron chi connectivity index (χ0n) is 24.7. The molecule has 7 nitrogen and oxygen atoms in total. The van der Waals surface area contributed by atoms with Gasteiger partial charge in [0.05, 0.1) is 11.5 Å². The van der Waals surface area contributed by atoms with Crippen LogP contribution in [0.5, 0.6) is 0 Å². The molecule has 5 rings (SSSR count). The maximum Gasteiger partial charge on any atom is 0.309 e. The van der Waals surface area contributed by atoms with E-state index in [2.05, 4.69) is 32.9 Å². The Kier molecular flexibility index (Phi) is 6.40. The van der Waals surface area contributed by atoms with Crippen LogP contribution in [0.2, 0.25) is 0 Å². The van der Waals surface area contributed by atoms with Crippen molar-refractivity contribution in [2.24, 2.45) is 45.3 Å². The van der Waals surface area contributed by atoms with Crippen LogP contribution in [0.4, 0.5) is 0 Å². The summed E-state index contributed by atoms with van der Waals surface area (Å²) in [5, 5.41) is 21.0. The molecule has 0 amide bonds. The molecule has 3 fully saturated rings. The minimum absolute atomic E-state index is 0.000189. The van der Waals surface area contributed by atoms with E-state index >= 15 is 0 Å². The van der Waals surface area contributed by atoms with Crippen LogP contribution in [0.3, 0.4) is 0 Å². The Bertz CT molecular complexity index is 1140. The summed E-state index contributed by atoms with van der Waals surface area (Å²) in [5.74, 6) is -0.672. The SMILES string of the molecule is CC(=O)O[C@@H]1C[C@H]2C(C)(C)C(=O)C=C[C@]2(C)[C@H]2CC[C@]3(C)C(=CCC3[C@@H]3C[C@H]([C@H](O)C(C)(C)O)OC3=O)[C@@]21C. The van der Waals surface area contributed by atoms with Gasteiger partial charge in [0.2, 0.25) is 0 Å². The van der Waals surface area contributed by atoms with Gasteiger partial charge in [0, 0.05) is 24.2 Å². The van der Waals surface area contributed by atoms with Gasteiger partial charge < -0.3 is 19.7 Å². The molecule has 1 saturated heterocycles. The number of carbonyl (C=O) groups excluding carboxylic acids is 3. The van der Waals surface area contributed by atoms with E-state index in [1.54, 1.807) is 6.08 Å². The Morgan fingerprint density at radius 3 is 2.41 bits per heavy atom. The van der Waals surface area contributed by atoms with Gasteiger partial charge in [-0.25, -0.2) is 0 Å². The maximum absolute atomic E-state index is 13.2. The van der Waals surface area contributed by atoms with Gasteiger partial charge in [-0.3, -0.25) is 14.4 Å². The van der Waals surface area contributed by atoms with Crippen molar-refractivity contribution in [1.82, 2.24) is 0 Å². The van der Waals surface area contributed by atoms with E-state index in [0.717, 1.165) is 12.8 Å². The standard InChI is InChI=1S/C32H46O7/c1-17(33)38-25-16-23-28(2,3)24(34)12-14-31(23,7)22-11-13-30(6)19(9-10-21(30)32(22,25)8)18-15-20(39-27(18)36)26(35)29(4,5)37/h10,12,14,18-20,22-23,25-26,35,37H,9,11,13,15-16H2,1-8H3/t18-,19?,20+,22+,23-,25+,26-,30-,31+,32-/m0/s1. The summed E-state index contributed by atoms with van der Waals surface area (Å²) in [6, 6.07) is 0. The highest BCUT2D eigenvalue weighted by molar-refractivity contribution is 5.95. The molecule has 2 N–H and O–H groups in total. The second-order valence-electron chi connectivity index (χ2n) is 14.8. The van der Waals surface area contributed by atoms with Gasteiger partial charge in [-0.05, 0) is 74.2 Å². The Morgan fingerprint density at radius 2 is 1.79 bits per heavy atom. The summed E-state index contributed by atoms with van der Waals surface area (Å²) in [7, 11) is 0. The lowest BCUT2D eigenvalue weighted by Crippen LogP contribution is -2.64. The molecule has 0 aromatic heterocycles. The molecular formula is C32H46O7. The van der Waals surface area contributed by atoms with Gasteiger partial charge in [0.15, 0.2) is 5.78 Å². The number of hydrogen-bond acceptors (Lipinski definition) is 7. The molecule has 1 heterocycles. The van der Waals surface area contributed by atoms with E-state index in [0.29, 0.717) is 19.3 Å². The van der Waals surface area contributed by atoms with E-state index in [1.807, 2.05) is 13.8 Å². The Morgan fingerprint density at radius 1 is 1.13 bits per heavy atom. The molecule has 1 unspecified atom stereocenters. The third-order valence-electron chi connectivity index (χ3n) is 11.9. The number of ether oxygens (including phenoxy) is 2. The molecule has 0 radical (unpaired) electrons. The first kappa shape index (κ1) is 28.5. The highest BCUT2D eigenvalue weighted by Gasteiger charge is 2.69. The second-order valence-corrected chi connectivity index (χ2v) is 14.8. The summed E-state index contributed by atoms with van der Waals surface area (Å²) in [4.78, 5) is 38.6. The molecule has 7 heteroatoms. The van der Waals surface area contributed by atoms with Crippen LogP contribution in [-0.4, -0.2) is 51.8 Å². The Hall–Kier alpha value is -1.99. The predicted molar refractivity (Wildman–Crippen MR) is 145 cm³/mol. The van der Waals surface area contributed by atoms with Crippen molar-refractivity contribution in [3.05, 3.63) is 23.8 Å². The van der Waals surface area contributed by atoms with E-state index in [-0.39, 0.29) is 58.3 Å². The van der Waals surface area contributed by atoms with E-state index < -0.39 is 28.6 Å². The number of esters is 2. The fourth-order valence-corrected chi connectivity index (χ4v) is 9.87. The number of ketones is 1. The first-order chi connectivity index (χ1) is 17.9. The van der Waals surface area contributed by atoms with Crippen LogP contribution in [0.15, 0.2) is 23.8 Å². The maximum atomic E-state index is 13.2. The van der Waals surface area contributed by atoms with Crippen molar-refractivity contribution in [3.63, 3.8) is 0 Å². The van der Waals surface area contributed by atoms with Crippen LogP contribution < -0.4 is 0 Å². The van der Waals surface area contributed by atoms with Crippen LogP contribution in [0, 0.1) is 45.3 Å².